The Kier molecular flexibility index (Phi) is 8.45. The first-order chi connectivity index (χ1) is 14.7. The van der Waals surface area contributed by atoms with Crippen LogP contribution < -0.4 is 5.32 Å². The number of nitrogens with one attached hydrogen (secondary N) is 1. The van der Waals surface area contributed by atoms with Crippen LogP contribution in [0, 0.1) is 5.92 Å². The van der Waals surface area contributed by atoms with Crippen molar-refractivity contribution in [1.82, 2.24) is 10.2 Å². The lowest BCUT2D eigenvalue weighted by molar-refractivity contribution is -0.135. The molecule has 0 radical (unpaired) electrons. The third-order valence-corrected chi connectivity index (χ3v) is 5.83. The zero-order chi connectivity index (χ0) is 21.2. The summed E-state index contributed by atoms with van der Waals surface area (Å²) in [4.78, 5) is 27.3. The zero-order valence-electron chi connectivity index (χ0n) is 17.8. The topological polar surface area (TPSA) is 58.6 Å². The fourth-order valence-corrected chi connectivity index (χ4v) is 4.07. The summed E-state index contributed by atoms with van der Waals surface area (Å²) in [5, 5.41) is 2.98. The van der Waals surface area contributed by atoms with Crippen molar-refractivity contribution in [2.24, 2.45) is 5.92 Å². The minimum absolute atomic E-state index is 0.00404. The van der Waals surface area contributed by atoms with Crippen molar-refractivity contribution < 1.29 is 14.3 Å². The van der Waals surface area contributed by atoms with Crippen LogP contribution in [-0.2, 0) is 14.3 Å². The van der Waals surface area contributed by atoms with Crippen molar-refractivity contribution in [2.45, 2.75) is 31.6 Å². The summed E-state index contributed by atoms with van der Waals surface area (Å²) in [5.41, 5.74) is 2.31. The lowest BCUT2D eigenvalue weighted by atomic mass is 9.87. The number of hydrogen-bond donors (Lipinski definition) is 1. The SMILES string of the molecule is COCCCNC(=O)C1CCN(C(=O)CC(c2ccccc2)c2ccccc2)CC1. The van der Waals surface area contributed by atoms with E-state index in [1.807, 2.05) is 41.3 Å². The number of carbonyl (C=O) groups is 2. The van der Waals surface area contributed by atoms with Gasteiger partial charge in [0.05, 0.1) is 0 Å². The molecule has 1 saturated heterocycles. The second-order valence-electron chi connectivity index (χ2n) is 7.87. The first-order valence-corrected chi connectivity index (χ1v) is 10.8. The van der Waals surface area contributed by atoms with Crippen molar-refractivity contribution in [2.75, 3.05) is 33.4 Å². The number of ether oxygens (including phenoxy) is 1. The highest BCUT2D eigenvalue weighted by atomic mass is 16.5. The quantitative estimate of drug-likeness (QED) is 0.645. The molecule has 5 heteroatoms. The molecule has 3 rings (SSSR count). The van der Waals surface area contributed by atoms with Gasteiger partial charge in [-0.3, -0.25) is 9.59 Å². The Morgan fingerprint density at radius 1 is 1.00 bits per heavy atom. The van der Waals surface area contributed by atoms with Gasteiger partial charge in [0.1, 0.15) is 0 Å². The highest BCUT2D eigenvalue weighted by Crippen LogP contribution is 2.29. The Labute approximate surface area is 179 Å². The number of carbonyl (C=O) groups excluding carboxylic acids is 2. The first kappa shape index (κ1) is 22.0. The monoisotopic (exact) mass is 408 g/mol. The van der Waals surface area contributed by atoms with Gasteiger partial charge < -0.3 is 15.0 Å². The maximum Gasteiger partial charge on any atom is 0.223 e. The smallest absolute Gasteiger partial charge is 0.223 e. The van der Waals surface area contributed by atoms with E-state index in [1.165, 1.54) is 0 Å². The summed E-state index contributed by atoms with van der Waals surface area (Å²) < 4.78 is 5.01. The Morgan fingerprint density at radius 3 is 2.10 bits per heavy atom. The van der Waals surface area contributed by atoms with Gasteiger partial charge >= 0.3 is 0 Å². The second kappa shape index (κ2) is 11.5. The molecule has 30 heavy (non-hydrogen) atoms. The fraction of sp³-hybridized carbons (Fsp3) is 0.440. The molecule has 0 atom stereocenters. The van der Waals surface area contributed by atoms with E-state index >= 15 is 0 Å². The number of benzene rings is 2. The molecule has 0 aliphatic carbocycles. The van der Waals surface area contributed by atoms with Crippen molar-refractivity contribution >= 4 is 11.8 Å². The third kappa shape index (κ3) is 6.17. The molecule has 0 saturated carbocycles. The summed E-state index contributed by atoms with van der Waals surface area (Å²) >= 11 is 0. The molecule has 1 aliphatic rings. The van der Waals surface area contributed by atoms with Gasteiger partial charge in [-0.1, -0.05) is 60.7 Å². The minimum Gasteiger partial charge on any atom is -0.385 e. The van der Waals surface area contributed by atoms with Crippen LogP contribution >= 0.6 is 0 Å². The van der Waals surface area contributed by atoms with Gasteiger partial charge in [0.15, 0.2) is 0 Å². The van der Waals surface area contributed by atoms with Crippen molar-refractivity contribution in [1.29, 1.82) is 0 Å². The molecular weight excluding hydrogens is 376 g/mol. The Bertz CT molecular complexity index is 747. The standard InChI is InChI=1S/C25H32N2O3/c1-30-18-8-15-26-25(29)22-13-16-27(17-14-22)24(28)19-23(20-9-4-2-5-10-20)21-11-6-3-7-12-21/h2-7,9-12,22-23H,8,13-19H2,1H3,(H,26,29). The Morgan fingerprint density at radius 2 is 1.57 bits per heavy atom. The van der Waals surface area contributed by atoms with Crippen LogP contribution in [0.15, 0.2) is 60.7 Å². The van der Waals surface area contributed by atoms with Crippen LogP contribution in [0.3, 0.4) is 0 Å². The van der Waals surface area contributed by atoms with Crippen molar-refractivity contribution in [3.8, 4) is 0 Å². The minimum atomic E-state index is -0.00404. The highest BCUT2D eigenvalue weighted by molar-refractivity contribution is 5.80. The number of piperidine rings is 1. The molecule has 2 amide bonds. The van der Waals surface area contributed by atoms with E-state index in [1.54, 1.807) is 7.11 Å². The number of hydrogen-bond acceptors (Lipinski definition) is 3. The van der Waals surface area contributed by atoms with E-state index in [4.69, 9.17) is 4.74 Å². The summed E-state index contributed by atoms with van der Waals surface area (Å²) in [7, 11) is 1.66. The summed E-state index contributed by atoms with van der Waals surface area (Å²) in [6, 6.07) is 20.4. The number of methoxy groups -OCH3 is 1. The van der Waals surface area contributed by atoms with Crippen LogP contribution in [0.25, 0.3) is 0 Å². The van der Waals surface area contributed by atoms with Gasteiger partial charge in [0.25, 0.3) is 0 Å². The molecule has 160 valence electrons. The summed E-state index contributed by atoms with van der Waals surface area (Å²) in [6.45, 7) is 2.58. The van der Waals surface area contributed by atoms with Crippen LogP contribution in [0.2, 0.25) is 0 Å². The number of likely N-dealkylation sites (tertiary alicyclic amines) is 1. The normalized spacial score (nSPS) is 14.7. The van der Waals surface area contributed by atoms with Gasteiger partial charge in [-0.25, -0.2) is 0 Å². The van der Waals surface area contributed by atoms with E-state index in [-0.39, 0.29) is 23.7 Å². The van der Waals surface area contributed by atoms with Crippen LogP contribution in [0.1, 0.15) is 42.7 Å². The summed E-state index contributed by atoms with van der Waals surface area (Å²) in [6.07, 6.45) is 2.72. The van der Waals surface area contributed by atoms with Crippen molar-refractivity contribution in [3.63, 3.8) is 0 Å². The molecule has 1 heterocycles. The molecule has 2 aromatic rings. The lowest BCUT2D eigenvalue weighted by Gasteiger charge is -2.32. The number of rotatable bonds is 9. The number of nitrogens with zero attached hydrogens (tertiary/aromatic N) is 1. The van der Waals surface area contributed by atoms with E-state index in [0.29, 0.717) is 32.7 Å². The predicted molar refractivity (Wildman–Crippen MR) is 118 cm³/mol. The molecular formula is C25H32N2O3. The van der Waals surface area contributed by atoms with Gasteiger partial charge in [0, 0.05) is 51.6 Å². The average Bonchev–Trinajstić information content (AvgIpc) is 2.81. The fourth-order valence-electron chi connectivity index (χ4n) is 4.07. The zero-order valence-corrected chi connectivity index (χ0v) is 17.8. The maximum absolute atomic E-state index is 13.1. The third-order valence-electron chi connectivity index (χ3n) is 5.83. The van der Waals surface area contributed by atoms with Gasteiger partial charge in [0.2, 0.25) is 11.8 Å². The van der Waals surface area contributed by atoms with Crippen LogP contribution in [-0.4, -0.2) is 50.1 Å². The van der Waals surface area contributed by atoms with Gasteiger partial charge in [-0.2, -0.15) is 0 Å². The Hall–Kier alpha value is -2.66. The molecule has 0 bridgehead atoms. The van der Waals surface area contributed by atoms with E-state index in [2.05, 4.69) is 29.6 Å². The largest absolute Gasteiger partial charge is 0.385 e. The molecule has 5 nitrogen and oxygen atoms in total. The van der Waals surface area contributed by atoms with Gasteiger partial charge in [-0.05, 0) is 30.4 Å². The Balaban J connectivity index is 1.55. The van der Waals surface area contributed by atoms with E-state index < -0.39 is 0 Å². The van der Waals surface area contributed by atoms with Crippen LogP contribution in [0.5, 0.6) is 0 Å². The average molecular weight is 409 g/mol. The molecule has 0 aromatic heterocycles. The van der Waals surface area contributed by atoms with Gasteiger partial charge in [-0.15, -0.1) is 0 Å². The molecule has 0 unspecified atom stereocenters. The predicted octanol–water partition coefficient (Wildman–Crippen LogP) is 3.60. The van der Waals surface area contributed by atoms with Crippen LogP contribution in [0.4, 0.5) is 0 Å². The van der Waals surface area contributed by atoms with E-state index in [0.717, 1.165) is 30.4 Å². The molecule has 0 spiro atoms. The van der Waals surface area contributed by atoms with Crippen molar-refractivity contribution in [3.05, 3.63) is 71.8 Å². The molecule has 2 aromatic carbocycles. The molecule has 1 N–H and O–H groups in total. The second-order valence-corrected chi connectivity index (χ2v) is 7.87. The first-order valence-electron chi connectivity index (χ1n) is 10.8. The molecule has 1 aliphatic heterocycles. The molecule has 1 fully saturated rings. The lowest BCUT2D eigenvalue weighted by Crippen LogP contribution is -2.43. The van der Waals surface area contributed by atoms with E-state index in [9.17, 15) is 9.59 Å². The number of amides is 2. The maximum atomic E-state index is 13.1. The summed E-state index contributed by atoms with van der Waals surface area (Å²) in [5.74, 6) is 0.300. The highest BCUT2D eigenvalue weighted by Gasteiger charge is 2.28.